The molecule has 0 bridgehead atoms. The van der Waals surface area contributed by atoms with Crippen LogP contribution in [-0.2, 0) is 0 Å². The van der Waals surface area contributed by atoms with E-state index in [2.05, 4.69) is 0 Å². The first-order valence-electron chi connectivity index (χ1n) is 3.66. The molecule has 6 heteroatoms. The molecule has 4 N–H and O–H groups in total. The third-order valence-corrected chi connectivity index (χ3v) is 1.71. The van der Waals surface area contributed by atoms with Gasteiger partial charge in [0.1, 0.15) is 6.04 Å². The molecule has 0 saturated carbocycles. The van der Waals surface area contributed by atoms with Crippen molar-refractivity contribution in [2.75, 3.05) is 0 Å². The lowest BCUT2D eigenvalue weighted by Crippen LogP contribution is -2.28. The zero-order valence-electron chi connectivity index (χ0n) is 6.92. The van der Waals surface area contributed by atoms with Crippen LogP contribution in [0.2, 0.25) is 0 Å². The lowest BCUT2D eigenvalue weighted by molar-refractivity contribution is -0.149. The van der Waals surface area contributed by atoms with Crippen molar-refractivity contribution in [1.29, 1.82) is 0 Å². The van der Waals surface area contributed by atoms with Crippen LogP contribution in [0.5, 0.6) is 11.5 Å². The van der Waals surface area contributed by atoms with E-state index in [4.69, 9.17) is 15.9 Å². The summed E-state index contributed by atoms with van der Waals surface area (Å²) in [4.78, 5) is 0. The van der Waals surface area contributed by atoms with Crippen molar-refractivity contribution in [1.82, 2.24) is 0 Å². The molecule has 0 amide bonds. The van der Waals surface area contributed by atoms with Crippen LogP contribution in [0.4, 0.5) is 13.2 Å². The van der Waals surface area contributed by atoms with E-state index < -0.39 is 23.7 Å². The fourth-order valence-corrected chi connectivity index (χ4v) is 0.923. The predicted octanol–water partition coefficient (Wildman–Crippen LogP) is 1.66. The van der Waals surface area contributed by atoms with Crippen molar-refractivity contribution in [2.45, 2.75) is 12.2 Å². The van der Waals surface area contributed by atoms with E-state index in [1.165, 1.54) is 0 Å². The largest absolute Gasteiger partial charge is 0.504 e. The third-order valence-electron chi connectivity index (χ3n) is 1.71. The topological polar surface area (TPSA) is 66.5 Å². The number of phenolic OH excluding ortho intramolecular Hbond substituents is 2. The van der Waals surface area contributed by atoms with Crippen LogP contribution < -0.4 is 5.73 Å². The van der Waals surface area contributed by atoms with Gasteiger partial charge in [-0.3, -0.25) is 0 Å². The lowest BCUT2D eigenvalue weighted by Gasteiger charge is -2.15. The van der Waals surface area contributed by atoms with Crippen molar-refractivity contribution >= 4 is 0 Å². The van der Waals surface area contributed by atoms with Gasteiger partial charge in [0, 0.05) is 0 Å². The first-order chi connectivity index (χ1) is 6.32. The van der Waals surface area contributed by atoms with Crippen molar-refractivity contribution in [3.8, 4) is 11.5 Å². The first kappa shape index (κ1) is 10.6. The SMILES string of the molecule is NC(c1ccc(O)c(O)c1)C(F)(F)F. The second-order valence-electron chi connectivity index (χ2n) is 2.77. The Morgan fingerprint density at radius 1 is 1.14 bits per heavy atom. The van der Waals surface area contributed by atoms with Gasteiger partial charge in [-0.2, -0.15) is 13.2 Å². The van der Waals surface area contributed by atoms with E-state index in [-0.39, 0.29) is 5.56 Å². The van der Waals surface area contributed by atoms with E-state index in [0.29, 0.717) is 0 Å². The fourth-order valence-electron chi connectivity index (χ4n) is 0.923. The number of phenols is 2. The second-order valence-corrected chi connectivity index (χ2v) is 2.77. The molecule has 14 heavy (non-hydrogen) atoms. The molecule has 0 aromatic heterocycles. The summed E-state index contributed by atoms with van der Waals surface area (Å²) in [5.74, 6) is -1.11. The minimum Gasteiger partial charge on any atom is -0.504 e. The van der Waals surface area contributed by atoms with Gasteiger partial charge < -0.3 is 15.9 Å². The summed E-state index contributed by atoms with van der Waals surface area (Å²) >= 11 is 0. The zero-order chi connectivity index (χ0) is 10.9. The Morgan fingerprint density at radius 3 is 2.14 bits per heavy atom. The summed E-state index contributed by atoms with van der Waals surface area (Å²) in [6, 6.07) is 0.589. The van der Waals surface area contributed by atoms with Gasteiger partial charge in [-0.05, 0) is 17.7 Å². The summed E-state index contributed by atoms with van der Waals surface area (Å²) in [6.45, 7) is 0. The van der Waals surface area contributed by atoms with Crippen molar-refractivity contribution < 1.29 is 23.4 Å². The average molecular weight is 207 g/mol. The Morgan fingerprint density at radius 2 is 1.71 bits per heavy atom. The number of halogens is 3. The van der Waals surface area contributed by atoms with E-state index in [1.807, 2.05) is 0 Å². The Hall–Kier alpha value is -1.43. The molecule has 1 aromatic rings. The Kier molecular flexibility index (Phi) is 2.57. The minimum atomic E-state index is -4.57. The molecule has 78 valence electrons. The van der Waals surface area contributed by atoms with E-state index >= 15 is 0 Å². The lowest BCUT2D eigenvalue weighted by atomic mass is 10.1. The molecule has 1 aromatic carbocycles. The molecule has 0 aliphatic carbocycles. The molecular weight excluding hydrogens is 199 g/mol. The molecule has 0 saturated heterocycles. The molecule has 0 fully saturated rings. The summed E-state index contributed by atoms with van der Waals surface area (Å²) < 4.78 is 36.3. The summed E-state index contributed by atoms with van der Waals surface area (Å²) in [5, 5.41) is 17.8. The predicted molar refractivity (Wildman–Crippen MR) is 42.8 cm³/mol. The van der Waals surface area contributed by atoms with Gasteiger partial charge in [-0.15, -0.1) is 0 Å². The quantitative estimate of drug-likeness (QED) is 0.613. The molecule has 0 aliphatic rings. The standard InChI is InChI=1S/C8H8F3NO2/c9-8(10,11)7(12)4-1-2-5(13)6(14)3-4/h1-3,7,13-14H,12H2. The average Bonchev–Trinajstić information content (AvgIpc) is 2.07. The number of hydrogen-bond donors (Lipinski definition) is 3. The Balaban J connectivity index is 3.03. The highest BCUT2D eigenvalue weighted by Crippen LogP contribution is 2.34. The normalized spacial score (nSPS) is 14.0. The van der Waals surface area contributed by atoms with Gasteiger partial charge in [-0.1, -0.05) is 6.07 Å². The van der Waals surface area contributed by atoms with Crippen LogP contribution in [0.3, 0.4) is 0 Å². The smallest absolute Gasteiger partial charge is 0.407 e. The maximum atomic E-state index is 12.1. The third kappa shape index (κ3) is 2.08. The monoisotopic (exact) mass is 207 g/mol. The number of alkyl halides is 3. The van der Waals surface area contributed by atoms with Gasteiger partial charge in [0.15, 0.2) is 11.5 Å². The van der Waals surface area contributed by atoms with Gasteiger partial charge in [0.05, 0.1) is 0 Å². The Labute approximate surface area is 77.6 Å². The maximum absolute atomic E-state index is 12.1. The molecule has 3 nitrogen and oxygen atoms in total. The minimum absolute atomic E-state index is 0.298. The molecule has 0 radical (unpaired) electrons. The van der Waals surface area contributed by atoms with Gasteiger partial charge in [0.25, 0.3) is 0 Å². The van der Waals surface area contributed by atoms with E-state index in [1.54, 1.807) is 0 Å². The fraction of sp³-hybridized carbons (Fsp3) is 0.250. The molecule has 0 heterocycles. The molecule has 1 atom stereocenters. The summed E-state index contributed by atoms with van der Waals surface area (Å²) in [6.07, 6.45) is -4.57. The second kappa shape index (κ2) is 3.38. The molecule has 0 spiro atoms. The highest BCUT2D eigenvalue weighted by atomic mass is 19.4. The van der Waals surface area contributed by atoms with Gasteiger partial charge >= 0.3 is 6.18 Å². The molecule has 1 rings (SSSR count). The van der Waals surface area contributed by atoms with Crippen LogP contribution in [0, 0.1) is 0 Å². The van der Waals surface area contributed by atoms with Crippen molar-refractivity contribution in [3.05, 3.63) is 23.8 Å². The summed E-state index contributed by atoms with van der Waals surface area (Å²) in [7, 11) is 0. The number of rotatable bonds is 1. The van der Waals surface area contributed by atoms with E-state index in [9.17, 15) is 13.2 Å². The molecule has 1 unspecified atom stereocenters. The number of nitrogens with two attached hydrogens (primary N) is 1. The highest BCUT2D eigenvalue weighted by molar-refractivity contribution is 5.41. The Bertz CT molecular complexity index is 338. The number of benzene rings is 1. The first-order valence-corrected chi connectivity index (χ1v) is 3.66. The van der Waals surface area contributed by atoms with Crippen LogP contribution in [0.15, 0.2) is 18.2 Å². The zero-order valence-corrected chi connectivity index (χ0v) is 6.92. The van der Waals surface area contributed by atoms with E-state index in [0.717, 1.165) is 18.2 Å². The number of aromatic hydroxyl groups is 2. The van der Waals surface area contributed by atoms with Gasteiger partial charge in [-0.25, -0.2) is 0 Å². The van der Waals surface area contributed by atoms with Crippen LogP contribution >= 0.6 is 0 Å². The summed E-state index contributed by atoms with van der Waals surface area (Å²) in [5.41, 5.74) is 4.57. The van der Waals surface area contributed by atoms with Crippen molar-refractivity contribution in [3.63, 3.8) is 0 Å². The van der Waals surface area contributed by atoms with Crippen LogP contribution in [0.1, 0.15) is 11.6 Å². The van der Waals surface area contributed by atoms with Crippen LogP contribution in [0.25, 0.3) is 0 Å². The van der Waals surface area contributed by atoms with Gasteiger partial charge in [0.2, 0.25) is 0 Å². The highest BCUT2D eigenvalue weighted by Gasteiger charge is 2.38. The molecular formula is C8H8F3NO2. The maximum Gasteiger partial charge on any atom is 0.407 e. The number of hydrogen-bond acceptors (Lipinski definition) is 3. The van der Waals surface area contributed by atoms with Crippen molar-refractivity contribution in [2.24, 2.45) is 5.73 Å². The molecule has 0 aliphatic heterocycles. The van der Waals surface area contributed by atoms with Crippen LogP contribution in [-0.4, -0.2) is 16.4 Å².